The number of nitrogens with two attached hydrogens (primary N) is 2. The second-order valence-corrected chi connectivity index (χ2v) is 14.0. The third kappa shape index (κ3) is 5.40. The average Bonchev–Trinajstić information content (AvgIpc) is 3.57. The normalized spacial score (nSPS) is 35.1. The first-order valence-electron chi connectivity index (χ1n) is 16.1. The van der Waals surface area contributed by atoms with Crippen molar-refractivity contribution in [2.45, 2.75) is 109 Å². The molecular formula is C34H49N5O2. The lowest BCUT2D eigenvalue weighted by molar-refractivity contribution is -0.153. The molecule has 3 unspecified atom stereocenters. The lowest BCUT2D eigenvalue weighted by Crippen LogP contribution is -2.50. The summed E-state index contributed by atoms with van der Waals surface area (Å²) < 4.78 is 7.97. The summed E-state index contributed by atoms with van der Waals surface area (Å²) >= 11 is 0. The fourth-order valence-corrected chi connectivity index (χ4v) is 9.41. The number of nitrogens with zero attached hydrogens (tertiary/aromatic N) is 3. The Morgan fingerprint density at radius 2 is 1.93 bits per heavy atom. The van der Waals surface area contributed by atoms with Gasteiger partial charge in [0.05, 0.1) is 12.2 Å². The number of ether oxygens (including phenoxy) is 1. The summed E-state index contributed by atoms with van der Waals surface area (Å²) in [4.78, 5) is 12.7. The Labute approximate surface area is 245 Å². The van der Waals surface area contributed by atoms with E-state index in [0.717, 1.165) is 56.9 Å². The molecule has 222 valence electrons. The monoisotopic (exact) mass is 559 g/mol. The molecule has 1 aromatic carbocycles. The van der Waals surface area contributed by atoms with Crippen molar-refractivity contribution in [2.75, 3.05) is 6.54 Å². The van der Waals surface area contributed by atoms with E-state index in [1.165, 1.54) is 42.5 Å². The molecule has 0 amide bonds. The molecule has 0 saturated heterocycles. The summed E-state index contributed by atoms with van der Waals surface area (Å²) in [6.07, 6.45) is 16.2. The van der Waals surface area contributed by atoms with Gasteiger partial charge >= 0.3 is 5.97 Å². The van der Waals surface area contributed by atoms with E-state index >= 15 is 0 Å². The topological polar surface area (TPSA) is 109 Å². The first kappa shape index (κ1) is 28.6. The highest BCUT2D eigenvalue weighted by molar-refractivity contribution is 5.75. The molecule has 4 N–H and O–H groups in total. The third-order valence-electron chi connectivity index (χ3n) is 11.7. The van der Waals surface area contributed by atoms with Crippen LogP contribution in [0.15, 0.2) is 48.2 Å². The molecule has 41 heavy (non-hydrogen) atoms. The first-order valence-corrected chi connectivity index (χ1v) is 16.1. The number of carbonyl (C=O) groups is 1. The minimum atomic E-state index is -0.536. The fourth-order valence-electron chi connectivity index (χ4n) is 9.41. The average molecular weight is 560 g/mol. The van der Waals surface area contributed by atoms with Gasteiger partial charge in [-0.1, -0.05) is 67.5 Å². The van der Waals surface area contributed by atoms with Gasteiger partial charge in [0.1, 0.15) is 12.1 Å². The van der Waals surface area contributed by atoms with Gasteiger partial charge in [-0.15, -0.1) is 5.10 Å². The zero-order chi connectivity index (χ0) is 28.6. The van der Waals surface area contributed by atoms with E-state index < -0.39 is 6.04 Å². The zero-order valence-corrected chi connectivity index (χ0v) is 25.0. The maximum Gasteiger partial charge on any atom is 0.323 e. The van der Waals surface area contributed by atoms with Gasteiger partial charge in [-0.05, 0) is 98.5 Å². The van der Waals surface area contributed by atoms with Crippen LogP contribution in [0, 0.1) is 28.6 Å². The maximum absolute atomic E-state index is 12.7. The molecule has 1 heterocycles. The molecule has 4 aliphatic carbocycles. The van der Waals surface area contributed by atoms with Gasteiger partial charge in [-0.25, -0.2) is 4.68 Å². The van der Waals surface area contributed by atoms with Gasteiger partial charge in [-0.3, -0.25) is 4.79 Å². The van der Waals surface area contributed by atoms with E-state index in [0.29, 0.717) is 24.8 Å². The zero-order valence-electron chi connectivity index (χ0n) is 25.0. The maximum atomic E-state index is 12.7. The molecule has 2 aromatic rings. The Morgan fingerprint density at radius 3 is 2.73 bits per heavy atom. The number of rotatable bonds is 9. The van der Waals surface area contributed by atoms with Crippen LogP contribution in [0.4, 0.5) is 0 Å². The lowest BCUT2D eigenvalue weighted by atomic mass is 9.47. The van der Waals surface area contributed by atoms with Crippen molar-refractivity contribution in [1.82, 2.24) is 15.0 Å². The van der Waals surface area contributed by atoms with Crippen molar-refractivity contribution >= 4 is 5.97 Å². The standard InChI is InChI=1S/C34H49N5O2/c1-33-17-15-25(41-32(40)30(36)10-6-7-19-35)20-24(33)11-12-26-27-13-14-29(34(27,2)18-16-28(26)33)31-22-39(38-37-31)21-23-8-4-3-5-9-23/h3-5,8-9,11,22,25-30H,6-7,10,12-21,35-36H2,1-2H3/t25-,26?,27?,28?,29+,30-,33-,34-/m0/s1. The number of benzene rings is 1. The number of carbonyl (C=O) groups excluding carboxylic acids is 1. The first-order chi connectivity index (χ1) is 19.8. The van der Waals surface area contributed by atoms with Crippen LogP contribution in [0.1, 0.15) is 102 Å². The van der Waals surface area contributed by atoms with Crippen molar-refractivity contribution in [3.63, 3.8) is 0 Å². The molecule has 8 atom stereocenters. The molecule has 0 radical (unpaired) electrons. The van der Waals surface area contributed by atoms with E-state index in [9.17, 15) is 4.79 Å². The summed E-state index contributed by atoms with van der Waals surface area (Å²) in [5.74, 6) is 2.41. The molecule has 4 aliphatic rings. The van der Waals surface area contributed by atoms with Gasteiger partial charge in [0.25, 0.3) is 0 Å². The van der Waals surface area contributed by atoms with Crippen LogP contribution in [0.25, 0.3) is 0 Å². The number of esters is 1. The van der Waals surface area contributed by atoms with E-state index in [1.54, 1.807) is 0 Å². The van der Waals surface area contributed by atoms with Crippen molar-refractivity contribution < 1.29 is 9.53 Å². The third-order valence-corrected chi connectivity index (χ3v) is 11.7. The molecular weight excluding hydrogens is 510 g/mol. The summed E-state index contributed by atoms with van der Waals surface area (Å²) in [6.45, 7) is 6.47. The van der Waals surface area contributed by atoms with Crippen LogP contribution in [0.2, 0.25) is 0 Å². The van der Waals surface area contributed by atoms with Crippen LogP contribution in [-0.2, 0) is 16.1 Å². The highest BCUT2D eigenvalue weighted by Gasteiger charge is 2.59. The van der Waals surface area contributed by atoms with Crippen LogP contribution >= 0.6 is 0 Å². The summed E-state index contributed by atoms with van der Waals surface area (Å²) in [5, 5.41) is 9.26. The smallest absolute Gasteiger partial charge is 0.323 e. The quantitative estimate of drug-likeness (QED) is 0.230. The SMILES string of the molecule is C[C@]12CC[C@H](OC(=O)[C@@H](N)CCCCN)CC1=CCC1C2CC[C@@]2(C)C1CC[C@@H]2c1cn(Cc2ccccc2)nn1. The molecule has 0 spiro atoms. The molecule has 1 aromatic heterocycles. The Morgan fingerprint density at radius 1 is 1.10 bits per heavy atom. The van der Waals surface area contributed by atoms with Crippen LogP contribution in [0.3, 0.4) is 0 Å². The number of hydrogen-bond acceptors (Lipinski definition) is 6. The number of unbranched alkanes of at least 4 members (excludes halogenated alkanes) is 1. The van der Waals surface area contributed by atoms with Crippen LogP contribution in [-0.4, -0.2) is 39.7 Å². The molecule has 0 aliphatic heterocycles. The van der Waals surface area contributed by atoms with Crippen LogP contribution < -0.4 is 11.5 Å². The largest absolute Gasteiger partial charge is 0.461 e. The van der Waals surface area contributed by atoms with E-state index in [1.807, 2.05) is 4.68 Å². The Balaban J connectivity index is 1.11. The van der Waals surface area contributed by atoms with Gasteiger partial charge in [-0.2, -0.15) is 0 Å². The molecule has 0 bridgehead atoms. The Hall–Kier alpha value is -2.51. The summed E-state index contributed by atoms with van der Waals surface area (Å²) in [6, 6.07) is 9.99. The summed E-state index contributed by atoms with van der Waals surface area (Å²) in [5.41, 5.74) is 16.2. The minimum absolute atomic E-state index is 0.0397. The number of allylic oxidation sites excluding steroid dienone is 1. The summed E-state index contributed by atoms with van der Waals surface area (Å²) in [7, 11) is 0. The molecule has 7 heteroatoms. The van der Waals surface area contributed by atoms with Crippen molar-refractivity contribution in [3.05, 3.63) is 59.4 Å². The predicted molar refractivity (Wildman–Crippen MR) is 161 cm³/mol. The van der Waals surface area contributed by atoms with Gasteiger partial charge in [0.2, 0.25) is 0 Å². The predicted octanol–water partition coefficient (Wildman–Crippen LogP) is 5.74. The number of aromatic nitrogens is 3. The highest BCUT2D eigenvalue weighted by atomic mass is 16.5. The number of fused-ring (bicyclic) bond motifs is 5. The Bertz CT molecular complexity index is 1240. The van der Waals surface area contributed by atoms with Crippen molar-refractivity contribution in [3.8, 4) is 0 Å². The van der Waals surface area contributed by atoms with Gasteiger partial charge in [0.15, 0.2) is 0 Å². The Kier molecular flexibility index (Phi) is 8.12. The van der Waals surface area contributed by atoms with Crippen LogP contribution in [0.5, 0.6) is 0 Å². The highest BCUT2D eigenvalue weighted by Crippen LogP contribution is 2.67. The van der Waals surface area contributed by atoms with E-state index in [-0.39, 0.29) is 22.9 Å². The molecule has 6 rings (SSSR count). The molecule has 3 fully saturated rings. The lowest BCUT2D eigenvalue weighted by Gasteiger charge is -2.58. The van der Waals surface area contributed by atoms with E-state index in [2.05, 4.69) is 61.7 Å². The molecule has 3 saturated carbocycles. The fraction of sp³-hybridized carbons (Fsp3) is 0.676. The second-order valence-electron chi connectivity index (χ2n) is 14.0. The second kappa shape index (κ2) is 11.6. The minimum Gasteiger partial charge on any atom is -0.461 e. The van der Waals surface area contributed by atoms with Crippen molar-refractivity contribution in [1.29, 1.82) is 0 Å². The van der Waals surface area contributed by atoms with E-state index in [4.69, 9.17) is 21.3 Å². The van der Waals surface area contributed by atoms with Gasteiger partial charge < -0.3 is 16.2 Å². The van der Waals surface area contributed by atoms with Crippen molar-refractivity contribution in [2.24, 2.45) is 40.1 Å². The van der Waals surface area contributed by atoms with Gasteiger partial charge in [0, 0.05) is 18.5 Å². The number of hydrogen-bond donors (Lipinski definition) is 2. The molecule has 7 nitrogen and oxygen atoms in total.